The molecule has 0 bridgehead atoms. The zero-order chi connectivity index (χ0) is 31.5. The first-order valence-electron chi connectivity index (χ1n) is 9.44. The van der Waals surface area contributed by atoms with Crippen LogP contribution in [-0.4, -0.2) is 59.7 Å². The van der Waals surface area contributed by atoms with Crippen LogP contribution in [0, 0.1) is 10.1 Å². The first kappa shape index (κ1) is 34.4. The summed E-state index contributed by atoms with van der Waals surface area (Å²) in [7, 11) is 0.427. The van der Waals surface area contributed by atoms with Gasteiger partial charge < -0.3 is 4.74 Å². The molecule has 21 heteroatoms. The number of hydrogen-bond donors (Lipinski definition) is 0. The second-order valence-electron chi connectivity index (χ2n) is 8.06. The van der Waals surface area contributed by atoms with Crippen molar-refractivity contribution in [3.63, 3.8) is 0 Å². The van der Waals surface area contributed by atoms with Crippen molar-refractivity contribution < 1.29 is 84.3 Å². The second-order valence-corrected chi connectivity index (χ2v) is 8.06. The van der Waals surface area contributed by atoms with Gasteiger partial charge in [0, 0.05) is 19.2 Å². The fraction of sp³-hybridized carbons (Fsp3) is 0.667. The van der Waals surface area contributed by atoms with Crippen molar-refractivity contribution >= 4 is 5.69 Å². The van der Waals surface area contributed by atoms with Gasteiger partial charge in [-0.25, -0.2) is 0 Å². The minimum absolute atomic E-state index is 0.376. The number of halogens is 17. The van der Waals surface area contributed by atoms with Crippen molar-refractivity contribution in [2.24, 2.45) is 0 Å². The third-order valence-corrected chi connectivity index (χ3v) is 5.49. The highest BCUT2D eigenvalue weighted by atomic mass is 19.4. The summed E-state index contributed by atoms with van der Waals surface area (Å²) in [5.41, 5.74) is -4.52. The lowest BCUT2D eigenvalue weighted by Gasteiger charge is -2.44. The molecule has 0 radical (unpaired) electrons. The summed E-state index contributed by atoms with van der Waals surface area (Å²) in [5.74, 6) is -57.2. The van der Waals surface area contributed by atoms with Crippen molar-refractivity contribution in [1.29, 1.82) is 0 Å². The minimum atomic E-state index is -8.72. The molecular weight excluding hydrogens is 601 g/mol. The van der Waals surface area contributed by atoms with Crippen LogP contribution in [0.25, 0.3) is 0 Å². The van der Waals surface area contributed by atoms with E-state index < -0.39 is 75.8 Å². The third-order valence-electron chi connectivity index (χ3n) is 5.49. The molecule has 0 aliphatic carbocycles. The average molecular weight is 613 g/mol. The quantitative estimate of drug-likeness (QED) is 0.145. The molecule has 1 aromatic rings. The maximum absolute atomic E-state index is 14.4. The van der Waals surface area contributed by atoms with Crippen LogP contribution >= 0.6 is 0 Å². The standard InChI is InChI=1S/C18H12F17NO3/c1-10(39-2,8-3-5-9(6-4-8)36(37)38)7-11(19,20)12(21,22)13(23,24)14(25,26)15(27,28)16(29,30)17(31,32)18(33,34)35/h3-6H,7H2,1-2H3. The first-order valence-corrected chi connectivity index (χ1v) is 9.44. The van der Waals surface area contributed by atoms with Gasteiger partial charge in [0.2, 0.25) is 0 Å². The molecule has 0 N–H and O–H groups in total. The van der Waals surface area contributed by atoms with Crippen molar-refractivity contribution in [2.45, 2.75) is 66.6 Å². The Morgan fingerprint density at radius 3 is 1.28 bits per heavy atom. The van der Waals surface area contributed by atoms with Gasteiger partial charge in [0.15, 0.2) is 0 Å². The fourth-order valence-corrected chi connectivity index (χ4v) is 2.96. The maximum atomic E-state index is 14.4. The maximum Gasteiger partial charge on any atom is 0.460 e. The van der Waals surface area contributed by atoms with E-state index in [4.69, 9.17) is 0 Å². The van der Waals surface area contributed by atoms with E-state index in [2.05, 4.69) is 4.74 Å². The van der Waals surface area contributed by atoms with E-state index in [1.807, 2.05) is 0 Å². The van der Waals surface area contributed by atoms with Crippen molar-refractivity contribution in [3.05, 3.63) is 39.9 Å². The SMILES string of the molecule is COC(C)(CC(F)(F)C(F)(F)C(F)(F)C(F)(F)C(F)(F)C(F)(F)C(F)(F)C(F)(F)F)c1ccc([N+](=O)[O-])cc1. The summed E-state index contributed by atoms with van der Waals surface area (Å²) in [6, 6.07) is 2.12. The number of ether oxygens (including phenoxy) is 1. The predicted molar refractivity (Wildman–Crippen MR) is 92.8 cm³/mol. The molecule has 39 heavy (non-hydrogen) atoms. The van der Waals surface area contributed by atoms with E-state index in [1.165, 1.54) is 0 Å². The molecule has 0 heterocycles. The Labute approximate surface area is 204 Å². The molecule has 0 aliphatic heterocycles. The number of alkyl halides is 17. The molecule has 1 aromatic carbocycles. The van der Waals surface area contributed by atoms with Crippen LogP contribution in [0.15, 0.2) is 24.3 Å². The summed E-state index contributed by atoms with van der Waals surface area (Å²) < 4.78 is 233. The lowest BCUT2D eigenvalue weighted by molar-refractivity contribution is -0.462. The number of nitrogens with zero attached hydrogens (tertiary/aromatic N) is 1. The summed E-state index contributed by atoms with van der Waals surface area (Å²) >= 11 is 0. The van der Waals surface area contributed by atoms with E-state index in [9.17, 15) is 84.8 Å². The smallest absolute Gasteiger partial charge is 0.374 e. The molecule has 0 spiro atoms. The summed E-state index contributed by atoms with van der Waals surface area (Å²) in [4.78, 5) is 9.58. The van der Waals surface area contributed by atoms with Gasteiger partial charge in [-0.15, -0.1) is 0 Å². The molecule has 1 atom stereocenters. The lowest BCUT2D eigenvalue weighted by atomic mass is 9.83. The van der Waals surface area contributed by atoms with Gasteiger partial charge in [-0.05, 0) is 24.6 Å². The van der Waals surface area contributed by atoms with E-state index in [0.29, 0.717) is 38.3 Å². The van der Waals surface area contributed by atoms with Gasteiger partial charge in [0.1, 0.15) is 0 Å². The van der Waals surface area contributed by atoms with E-state index in [-0.39, 0.29) is 0 Å². The number of benzene rings is 1. The number of hydrogen-bond acceptors (Lipinski definition) is 3. The number of rotatable bonds is 11. The Morgan fingerprint density at radius 1 is 0.641 bits per heavy atom. The molecule has 4 nitrogen and oxygen atoms in total. The van der Waals surface area contributed by atoms with Gasteiger partial charge in [0.05, 0.1) is 16.9 Å². The average Bonchev–Trinajstić information content (AvgIpc) is 2.77. The first-order chi connectivity index (χ1) is 16.9. The molecule has 0 amide bonds. The number of non-ortho nitro benzene ring substituents is 1. The number of nitro benzene ring substituents is 1. The fourth-order valence-electron chi connectivity index (χ4n) is 2.96. The van der Waals surface area contributed by atoms with Crippen LogP contribution in [-0.2, 0) is 10.3 Å². The van der Waals surface area contributed by atoms with Crippen molar-refractivity contribution in [1.82, 2.24) is 0 Å². The summed E-state index contributed by atoms with van der Waals surface area (Å²) in [5, 5.41) is 10.6. The topological polar surface area (TPSA) is 52.4 Å². The molecule has 0 aliphatic rings. The molecular formula is C18H12F17NO3. The highest BCUT2D eigenvalue weighted by molar-refractivity contribution is 5.35. The molecule has 1 rings (SSSR count). The Hall–Kier alpha value is -2.61. The Balaban J connectivity index is 3.65. The molecule has 1 unspecified atom stereocenters. The number of nitro groups is 1. The van der Waals surface area contributed by atoms with Crippen molar-refractivity contribution in [2.75, 3.05) is 7.11 Å². The molecule has 0 saturated carbocycles. The lowest BCUT2D eigenvalue weighted by Crippen LogP contribution is -2.74. The van der Waals surface area contributed by atoms with E-state index >= 15 is 0 Å². The van der Waals surface area contributed by atoms with Crippen LogP contribution < -0.4 is 0 Å². The molecule has 0 fully saturated rings. The third kappa shape index (κ3) is 4.94. The van der Waals surface area contributed by atoms with Crippen LogP contribution in [0.2, 0.25) is 0 Å². The van der Waals surface area contributed by atoms with Gasteiger partial charge in [0.25, 0.3) is 5.69 Å². The second kappa shape index (κ2) is 9.50. The van der Waals surface area contributed by atoms with E-state index in [0.717, 1.165) is 0 Å². The predicted octanol–water partition coefficient (Wildman–Crippen LogP) is 7.86. The molecule has 0 aromatic heterocycles. The Kier molecular flexibility index (Phi) is 8.38. The van der Waals surface area contributed by atoms with Crippen LogP contribution in [0.5, 0.6) is 0 Å². The highest BCUT2D eigenvalue weighted by Crippen LogP contribution is 2.64. The molecule has 226 valence electrons. The monoisotopic (exact) mass is 613 g/mol. The van der Waals surface area contributed by atoms with Crippen molar-refractivity contribution in [3.8, 4) is 0 Å². The van der Waals surface area contributed by atoms with Gasteiger partial charge in [-0.3, -0.25) is 10.1 Å². The largest absolute Gasteiger partial charge is 0.460 e. The normalized spacial score (nSPS) is 16.7. The van der Waals surface area contributed by atoms with E-state index in [1.54, 1.807) is 0 Å². The minimum Gasteiger partial charge on any atom is -0.374 e. The summed E-state index contributed by atoms with van der Waals surface area (Å²) in [6.07, 6.45) is -10.7. The Bertz CT molecular complexity index is 1050. The zero-order valence-corrected chi connectivity index (χ0v) is 18.6. The Morgan fingerprint density at radius 2 is 0.974 bits per heavy atom. The molecule has 0 saturated heterocycles. The van der Waals surface area contributed by atoms with Crippen LogP contribution in [0.4, 0.5) is 80.3 Å². The van der Waals surface area contributed by atoms with Crippen LogP contribution in [0.1, 0.15) is 18.9 Å². The van der Waals surface area contributed by atoms with Gasteiger partial charge in [-0.1, -0.05) is 0 Å². The van der Waals surface area contributed by atoms with Crippen LogP contribution in [0.3, 0.4) is 0 Å². The highest BCUT2D eigenvalue weighted by Gasteiger charge is 2.95. The van der Waals surface area contributed by atoms with Gasteiger partial charge in [-0.2, -0.15) is 74.6 Å². The summed E-state index contributed by atoms with van der Waals surface area (Å²) in [6.45, 7) is 0.376. The zero-order valence-electron chi connectivity index (χ0n) is 18.6. The van der Waals surface area contributed by atoms with Gasteiger partial charge >= 0.3 is 47.6 Å². The number of methoxy groups -OCH3 is 1.